The van der Waals surface area contributed by atoms with Gasteiger partial charge in [0.15, 0.2) is 5.82 Å². The SMILES string of the molecule is Cc1cc(NC2CCCC3OCCC23)nc(-c2cccc([N+](=O)[O-])c2)n1. The zero-order chi connectivity index (χ0) is 18.1. The number of hydrogen-bond donors (Lipinski definition) is 1. The fraction of sp³-hybridized carbons (Fsp3) is 0.474. The summed E-state index contributed by atoms with van der Waals surface area (Å²) in [5.74, 6) is 1.81. The summed E-state index contributed by atoms with van der Waals surface area (Å²) < 4.78 is 5.84. The van der Waals surface area contributed by atoms with Gasteiger partial charge in [0.1, 0.15) is 5.82 Å². The largest absolute Gasteiger partial charge is 0.378 e. The van der Waals surface area contributed by atoms with Gasteiger partial charge in [-0.2, -0.15) is 0 Å². The van der Waals surface area contributed by atoms with Gasteiger partial charge in [0, 0.05) is 48.0 Å². The third-order valence-corrected chi connectivity index (χ3v) is 5.28. The van der Waals surface area contributed by atoms with Gasteiger partial charge in [-0.15, -0.1) is 0 Å². The number of benzene rings is 1. The highest BCUT2D eigenvalue weighted by Gasteiger charge is 2.37. The smallest absolute Gasteiger partial charge is 0.270 e. The van der Waals surface area contributed by atoms with Gasteiger partial charge < -0.3 is 10.1 Å². The predicted octanol–water partition coefficient (Wildman–Crippen LogP) is 3.73. The summed E-state index contributed by atoms with van der Waals surface area (Å²) in [5, 5.41) is 14.6. The summed E-state index contributed by atoms with van der Waals surface area (Å²) in [6.07, 6.45) is 4.86. The molecule has 1 aliphatic heterocycles. The second kappa shape index (κ2) is 6.99. The fourth-order valence-electron chi connectivity index (χ4n) is 4.08. The molecule has 1 aliphatic carbocycles. The van der Waals surface area contributed by atoms with Crippen LogP contribution >= 0.6 is 0 Å². The molecule has 0 spiro atoms. The maximum Gasteiger partial charge on any atom is 0.270 e. The van der Waals surface area contributed by atoms with Gasteiger partial charge in [-0.1, -0.05) is 12.1 Å². The predicted molar refractivity (Wildman–Crippen MR) is 98.0 cm³/mol. The monoisotopic (exact) mass is 354 g/mol. The van der Waals surface area contributed by atoms with Gasteiger partial charge in [0.05, 0.1) is 11.0 Å². The summed E-state index contributed by atoms with van der Waals surface area (Å²) in [7, 11) is 0. The third kappa shape index (κ3) is 3.39. The maximum atomic E-state index is 11.0. The van der Waals surface area contributed by atoms with E-state index in [1.807, 2.05) is 13.0 Å². The Hall–Kier alpha value is -2.54. The molecular weight excluding hydrogens is 332 g/mol. The highest BCUT2D eigenvalue weighted by atomic mass is 16.6. The van der Waals surface area contributed by atoms with E-state index in [0.29, 0.717) is 29.5 Å². The molecule has 3 unspecified atom stereocenters. The summed E-state index contributed by atoms with van der Waals surface area (Å²) >= 11 is 0. The molecule has 2 aliphatic rings. The van der Waals surface area contributed by atoms with Crippen molar-refractivity contribution in [3.8, 4) is 11.4 Å². The number of ether oxygens (including phenoxy) is 1. The van der Waals surface area contributed by atoms with Gasteiger partial charge in [-0.3, -0.25) is 10.1 Å². The molecule has 1 aromatic heterocycles. The van der Waals surface area contributed by atoms with Crippen LogP contribution in [0.15, 0.2) is 30.3 Å². The van der Waals surface area contributed by atoms with Crippen LogP contribution in [0.3, 0.4) is 0 Å². The molecular formula is C19H22N4O3. The number of nitrogens with zero attached hydrogens (tertiary/aromatic N) is 3. The Kier molecular flexibility index (Phi) is 4.55. The van der Waals surface area contributed by atoms with Crippen molar-refractivity contribution in [3.05, 3.63) is 46.1 Å². The normalized spacial score (nSPS) is 24.9. The Bertz CT molecular complexity index is 826. The van der Waals surface area contributed by atoms with Crippen LogP contribution in [-0.4, -0.2) is 33.6 Å². The number of nitro groups is 1. The molecule has 0 bridgehead atoms. The van der Waals surface area contributed by atoms with Gasteiger partial charge in [0.2, 0.25) is 0 Å². The van der Waals surface area contributed by atoms with E-state index in [1.54, 1.807) is 12.1 Å². The van der Waals surface area contributed by atoms with E-state index in [-0.39, 0.29) is 5.69 Å². The summed E-state index contributed by atoms with van der Waals surface area (Å²) in [4.78, 5) is 19.7. The van der Waals surface area contributed by atoms with Crippen LogP contribution in [0.2, 0.25) is 0 Å². The standard InChI is InChI=1S/C19H22N4O3/c1-12-10-18(21-16-6-3-7-17-15(16)8-9-26-17)22-19(20-12)13-4-2-5-14(11-13)23(24)25/h2,4-5,10-11,15-17H,3,6-9H2,1H3,(H,20,21,22). The average Bonchev–Trinajstić information content (AvgIpc) is 3.11. The van der Waals surface area contributed by atoms with E-state index >= 15 is 0 Å². The summed E-state index contributed by atoms with van der Waals surface area (Å²) in [6.45, 7) is 2.76. The number of fused-ring (bicyclic) bond motifs is 1. The Balaban J connectivity index is 1.60. The third-order valence-electron chi connectivity index (χ3n) is 5.28. The van der Waals surface area contributed by atoms with Crippen molar-refractivity contribution in [2.75, 3.05) is 11.9 Å². The number of nitrogens with one attached hydrogen (secondary N) is 1. The van der Waals surface area contributed by atoms with Crippen molar-refractivity contribution in [2.45, 2.75) is 44.8 Å². The second-order valence-electron chi connectivity index (χ2n) is 7.07. The van der Waals surface area contributed by atoms with Crippen LogP contribution < -0.4 is 5.32 Å². The molecule has 1 aromatic carbocycles. The summed E-state index contributed by atoms with van der Waals surface area (Å²) in [6, 6.07) is 8.73. The molecule has 3 atom stereocenters. The first-order chi connectivity index (χ1) is 12.6. The van der Waals surface area contributed by atoms with E-state index in [0.717, 1.165) is 43.8 Å². The topological polar surface area (TPSA) is 90.2 Å². The van der Waals surface area contributed by atoms with Crippen molar-refractivity contribution in [1.82, 2.24) is 9.97 Å². The molecule has 0 radical (unpaired) electrons. The minimum Gasteiger partial charge on any atom is -0.378 e. The lowest BCUT2D eigenvalue weighted by Gasteiger charge is -2.33. The first-order valence-corrected chi connectivity index (χ1v) is 9.09. The Morgan fingerprint density at radius 1 is 1.23 bits per heavy atom. The molecule has 1 saturated carbocycles. The minimum absolute atomic E-state index is 0.0420. The number of non-ortho nitro benzene ring substituents is 1. The number of aromatic nitrogens is 2. The van der Waals surface area contributed by atoms with E-state index in [4.69, 9.17) is 4.74 Å². The van der Waals surface area contributed by atoms with E-state index in [1.165, 1.54) is 12.1 Å². The van der Waals surface area contributed by atoms with Crippen LogP contribution in [0.25, 0.3) is 11.4 Å². The lowest BCUT2D eigenvalue weighted by Crippen LogP contribution is -2.38. The highest BCUT2D eigenvalue weighted by Crippen LogP contribution is 2.36. The molecule has 26 heavy (non-hydrogen) atoms. The van der Waals surface area contributed by atoms with E-state index in [2.05, 4.69) is 15.3 Å². The second-order valence-corrected chi connectivity index (χ2v) is 7.07. The number of hydrogen-bond acceptors (Lipinski definition) is 6. The molecule has 7 heteroatoms. The van der Waals surface area contributed by atoms with Gasteiger partial charge in [-0.25, -0.2) is 9.97 Å². The van der Waals surface area contributed by atoms with Crippen LogP contribution in [0.5, 0.6) is 0 Å². The molecule has 1 N–H and O–H groups in total. The fourth-order valence-corrected chi connectivity index (χ4v) is 4.08. The van der Waals surface area contributed by atoms with E-state index in [9.17, 15) is 10.1 Å². The maximum absolute atomic E-state index is 11.0. The van der Waals surface area contributed by atoms with Crippen LogP contribution in [0, 0.1) is 23.0 Å². The van der Waals surface area contributed by atoms with E-state index < -0.39 is 4.92 Å². The Labute approximate surface area is 152 Å². The first-order valence-electron chi connectivity index (χ1n) is 9.09. The lowest BCUT2D eigenvalue weighted by molar-refractivity contribution is -0.384. The molecule has 1 saturated heterocycles. The number of rotatable bonds is 4. The number of nitro benzene ring substituents is 1. The van der Waals surface area contributed by atoms with Gasteiger partial charge >= 0.3 is 0 Å². The van der Waals surface area contributed by atoms with Gasteiger partial charge in [-0.05, 0) is 32.6 Å². The van der Waals surface area contributed by atoms with Crippen molar-refractivity contribution >= 4 is 11.5 Å². The van der Waals surface area contributed by atoms with Crippen molar-refractivity contribution < 1.29 is 9.66 Å². The van der Waals surface area contributed by atoms with Crippen molar-refractivity contribution in [1.29, 1.82) is 0 Å². The number of aryl methyl sites for hydroxylation is 1. The average molecular weight is 354 g/mol. The van der Waals surface area contributed by atoms with Crippen molar-refractivity contribution in [3.63, 3.8) is 0 Å². The zero-order valence-corrected chi connectivity index (χ0v) is 14.7. The summed E-state index contributed by atoms with van der Waals surface area (Å²) in [5.41, 5.74) is 1.52. The molecule has 2 heterocycles. The zero-order valence-electron chi connectivity index (χ0n) is 14.7. The molecule has 136 valence electrons. The number of anilines is 1. The Morgan fingerprint density at radius 2 is 2.12 bits per heavy atom. The van der Waals surface area contributed by atoms with Crippen molar-refractivity contribution in [2.24, 2.45) is 5.92 Å². The molecule has 0 amide bonds. The van der Waals surface area contributed by atoms with Crippen LogP contribution in [0.4, 0.5) is 11.5 Å². The lowest BCUT2D eigenvalue weighted by atomic mass is 9.82. The molecule has 2 aromatic rings. The minimum atomic E-state index is -0.402. The molecule has 4 rings (SSSR count). The Morgan fingerprint density at radius 3 is 2.96 bits per heavy atom. The van der Waals surface area contributed by atoms with Crippen LogP contribution in [-0.2, 0) is 4.74 Å². The van der Waals surface area contributed by atoms with Crippen LogP contribution in [0.1, 0.15) is 31.4 Å². The molecule has 2 fully saturated rings. The quantitative estimate of drug-likeness (QED) is 0.664. The van der Waals surface area contributed by atoms with Gasteiger partial charge in [0.25, 0.3) is 5.69 Å². The first kappa shape index (κ1) is 16.9. The molecule has 7 nitrogen and oxygen atoms in total. The highest BCUT2D eigenvalue weighted by molar-refractivity contribution is 5.61.